The van der Waals surface area contributed by atoms with Gasteiger partial charge in [0, 0.05) is 12.3 Å². The molecule has 1 unspecified atom stereocenters. The van der Waals surface area contributed by atoms with Crippen LogP contribution in [-0.2, 0) is 9.59 Å². The van der Waals surface area contributed by atoms with Crippen molar-refractivity contribution >= 4 is 23.7 Å². The quantitative estimate of drug-likeness (QED) is 0.384. The molecule has 0 radical (unpaired) electrons. The number of carbonyl (C=O) groups is 1. The third kappa shape index (κ3) is 5.58. The average molecular weight is 178 g/mol. The summed E-state index contributed by atoms with van der Waals surface area (Å²) in [5, 5.41) is 8.24. The van der Waals surface area contributed by atoms with Gasteiger partial charge >= 0.3 is 5.97 Å². The molecule has 0 bridgehead atoms. The summed E-state index contributed by atoms with van der Waals surface area (Å²) in [5.74, 6) is -0.760. The van der Waals surface area contributed by atoms with E-state index in [-0.39, 0.29) is 18.7 Å². The van der Waals surface area contributed by atoms with Crippen LogP contribution in [0.2, 0.25) is 0 Å². The number of carbonyl (C=O) groups excluding carboxylic acids is 1. The Bertz CT molecular complexity index is 177. The lowest BCUT2D eigenvalue weighted by Crippen LogP contribution is -2.08. The Morgan fingerprint density at radius 3 is 2.73 bits per heavy atom. The Labute approximate surface area is 68.9 Å². The van der Waals surface area contributed by atoms with Crippen LogP contribution >= 0.6 is 11.6 Å². The lowest BCUT2D eigenvalue weighted by molar-refractivity contribution is -0.137. The van der Waals surface area contributed by atoms with Gasteiger partial charge in [-0.3, -0.25) is 4.79 Å². The van der Waals surface area contributed by atoms with Crippen LogP contribution in [0.4, 0.5) is 0 Å². The van der Waals surface area contributed by atoms with Crippen molar-refractivity contribution in [1.82, 2.24) is 0 Å². The van der Waals surface area contributed by atoms with Gasteiger partial charge in [0.15, 0.2) is 0 Å². The predicted octanol–water partition coefficient (Wildman–Crippen LogP) is 0.794. The Morgan fingerprint density at radius 1 is 1.73 bits per heavy atom. The van der Waals surface area contributed by atoms with Crippen molar-refractivity contribution in [2.24, 2.45) is 4.99 Å². The lowest BCUT2D eigenvalue weighted by atomic mass is 10.2. The molecule has 11 heavy (non-hydrogen) atoms. The smallest absolute Gasteiger partial charge is 0.303 e. The molecule has 1 atom stereocenters. The number of aliphatic imine (C=N–C) groups is 1. The van der Waals surface area contributed by atoms with Crippen molar-refractivity contribution in [2.75, 3.05) is 5.88 Å². The van der Waals surface area contributed by atoms with E-state index in [9.17, 15) is 9.59 Å². The molecule has 0 aliphatic rings. The minimum Gasteiger partial charge on any atom is -0.481 e. The van der Waals surface area contributed by atoms with E-state index >= 15 is 0 Å². The molecule has 0 aromatic rings. The standard InChI is InChI=1S/C6H8ClNO3/c7-3-5(8-4-9)1-2-6(10)11/h5H,1-3H2,(H,10,11). The van der Waals surface area contributed by atoms with E-state index in [1.807, 2.05) is 0 Å². The molecule has 0 amide bonds. The molecule has 0 aromatic carbocycles. The van der Waals surface area contributed by atoms with Gasteiger partial charge in [-0.1, -0.05) is 0 Å². The van der Waals surface area contributed by atoms with Crippen molar-refractivity contribution < 1.29 is 14.7 Å². The first-order chi connectivity index (χ1) is 5.20. The van der Waals surface area contributed by atoms with Crippen LogP contribution in [0.25, 0.3) is 0 Å². The summed E-state index contributed by atoms with van der Waals surface area (Å²) in [6.07, 6.45) is 1.60. The average Bonchev–Trinajstić information content (AvgIpc) is 1.97. The molecule has 1 N–H and O–H groups in total. The van der Waals surface area contributed by atoms with Crippen molar-refractivity contribution in [3.8, 4) is 0 Å². The minimum absolute atomic E-state index is 0.0252. The second kappa shape index (κ2) is 5.89. The summed E-state index contributed by atoms with van der Waals surface area (Å²) < 4.78 is 0. The molecule has 0 fully saturated rings. The van der Waals surface area contributed by atoms with E-state index in [2.05, 4.69) is 4.99 Å². The van der Waals surface area contributed by atoms with Crippen LogP contribution in [-0.4, -0.2) is 29.1 Å². The molecule has 0 saturated carbocycles. The van der Waals surface area contributed by atoms with Gasteiger partial charge in [-0.2, -0.15) is 0 Å². The molecular weight excluding hydrogens is 170 g/mol. The van der Waals surface area contributed by atoms with Crippen molar-refractivity contribution in [3.05, 3.63) is 0 Å². The molecular formula is C6H8ClNO3. The van der Waals surface area contributed by atoms with Crippen LogP contribution < -0.4 is 0 Å². The molecule has 0 spiro atoms. The largest absolute Gasteiger partial charge is 0.481 e. The summed E-state index contributed by atoms with van der Waals surface area (Å²) >= 11 is 5.36. The third-order valence-corrected chi connectivity index (χ3v) is 1.46. The summed E-state index contributed by atoms with van der Waals surface area (Å²) in [7, 11) is 0. The maximum Gasteiger partial charge on any atom is 0.303 e. The summed E-state index contributed by atoms with van der Waals surface area (Å²) in [5.41, 5.74) is 0. The fraction of sp³-hybridized carbons (Fsp3) is 0.667. The highest BCUT2D eigenvalue weighted by Gasteiger charge is 2.07. The number of carboxylic acids is 1. The molecule has 0 aromatic heterocycles. The van der Waals surface area contributed by atoms with Gasteiger partial charge in [-0.25, -0.2) is 9.79 Å². The van der Waals surface area contributed by atoms with E-state index < -0.39 is 12.0 Å². The van der Waals surface area contributed by atoms with Gasteiger partial charge in [-0.15, -0.1) is 11.6 Å². The maximum atomic E-state index is 10.0. The summed E-state index contributed by atoms with van der Waals surface area (Å²) in [4.78, 5) is 23.1. The van der Waals surface area contributed by atoms with E-state index in [1.165, 1.54) is 6.08 Å². The number of rotatable bonds is 5. The first-order valence-electron chi connectivity index (χ1n) is 3.05. The number of hydrogen-bond donors (Lipinski definition) is 1. The first-order valence-corrected chi connectivity index (χ1v) is 3.59. The van der Waals surface area contributed by atoms with Crippen molar-refractivity contribution in [3.63, 3.8) is 0 Å². The number of carboxylic acid groups (broad SMARTS) is 1. The van der Waals surface area contributed by atoms with Crippen molar-refractivity contribution in [1.29, 1.82) is 0 Å². The van der Waals surface area contributed by atoms with Gasteiger partial charge in [0.1, 0.15) is 0 Å². The van der Waals surface area contributed by atoms with Crippen LogP contribution in [0.15, 0.2) is 4.99 Å². The fourth-order valence-electron chi connectivity index (χ4n) is 0.541. The molecule has 62 valence electrons. The Balaban J connectivity index is 3.69. The van der Waals surface area contributed by atoms with Crippen LogP contribution in [0.3, 0.4) is 0 Å². The predicted molar refractivity (Wildman–Crippen MR) is 39.5 cm³/mol. The number of aliphatic carboxylic acids is 1. The first kappa shape index (κ1) is 10.1. The highest BCUT2D eigenvalue weighted by molar-refractivity contribution is 6.18. The zero-order chi connectivity index (χ0) is 8.69. The van der Waals surface area contributed by atoms with Gasteiger partial charge in [0.05, 0.1) is 6.04 Å². The molecule has 0 rings (SSSR count). The van der Waals surface area contributed by atoms with E-state index in [4.69, 9.17) is 16.7 Å². The number of nitrogens with zero attached hydrogens (tertiary/aromatic N) is 1. The molecule has 5 heteroatoms. The maximum absolute atomic E-state index is 10.0. The molecule has 0 aliphatic heterocycles. The number of alkyl halides is 1. The van der Waals surface area contributed by atoms with Gasteiger partial charge in [0.2, 0.25) is 6.08 Å². The van der Waals surface area contributed by atoms with Gasteiger partial charge in [0.25, 0.3) is 0 Å². The molecule has 4 nitrogen and oxygen atoms in total. The van der Waals surface area contributed by atoms with E-state index in [0.29, 0.717) is 0 Å². The SMILES string of the molecule is O=C=NC(CCl)CCC(=O)O. The zero-order valence-electron chi connectivity index (χ0n) is 5.79. The molecule has 0 aliphatic carbocycles. The highest BCUT2D eigenvalue weighted by Crippen LogP contribution is 2.03. The summed E-state index contributed by atoms with van der Waals surface area (Å²) in [6.45, 7) is 0. The Hall–Kier alpha value is -0.860. The van der Waals surface area contributed by atoms with E-state index in [1.54, 1.807) is 0 Å². The van der Waals surface area contributed by atoms with Gasteiger partial charge < -0.3 is 5.11 Å². The highest BCUT2D eigenvalue weighted by atomic mass is 35.5. The Morgan fingerprint density at radius 2 is 2.36 bits per heavy atom. The number of isocyanates is 1. The van der Waals surface area contributed by atoms with Crippen LogP contribution in [0.1, 0.15) is 12.8 Å². The van der Waals surface area contributed by atoms with Gasteiger partial charge in [-0.05, 0) is 6.42 Å². The minimum atomic E-state index is -0.916. The molecule has 0 heterocycles. The number of hydrogen-bond acceptors (Lipinski definition) is 3. The molecule has 0 saturated heterocycles. The third-order valence-electron chi connectivity index (χ3n) is 1.10. The number of halogens is 1. The monoisotopic (exact) mass is 177 g/mol. The van der Waals surface area contributed by atoms with Crippen LogP contribution in [0.5, 0.6) is 0 Å². The normalized spacial score (nSPS) is 11.7. The zero-order valence-corrected chi connectivity index (χ0v) is 6.54. The van der Waals surface area contributed by atoms with Crippen molar-refractivity contribution in [2.45, 2.75) is 18.9 Å². The second-order valence-electron chi connectivity index (χ2n) is 1.96. The van der Waals surface area contributed by atoms with Crippen LogP contribution in [0, 0.1) is 0 Å². The fourth-order valence-corrected chi connectivity index (χ4v) is 0.764. The topological polar surface area (TPSA) is 66.7 Å². The second-order valence-corrected chi connectivity index (χ2v) is 2.27. The van der Waals surface area contributed by atoms with E-state index in [0.717, 1.165) is 0 Å². The lowest BCUT2D eigenvalue weighted by Gasteiger charge is -2.01. The summed E-state index contributed by atoms with van der Waals surface area (Å²) in [6, 6.07) is -0.412. The Kier molecular flexibility index (Phi) is 5.43.